The number of aryl methyl sites for hydroxylation is 1. The molecule has 1 aliphatic heterocycles. The van der Waals surface area contributed by atoms with Gasteiger partial charge in [-0.05, 0) is 47.1 Å². The molecule has 1 heterocycles. The van der Waals surface area contributed by atoms with Crippen LogP contribution in [0.15, 0.2) is 16.6 Å². The van der Waals surface area contributed by atoms with E-state index in [0.717, 1.165) is 44.0 Å². The maximum atomic E-state index is 13.3. The van der Waals surface area contributed by atoms with Crippen molar-refractivity contribution in [1.29, 1.82) is 0 Å². The highest BCUT2D eigenvalue weighted by atomic mass is 79.9. The van der Waals surface area contributed by atoms with E-state index < -0.39 is 0 Å². The molecule has 1 N–H and O–H groups in total. The zero-order chi connectivity index (χ0) is 13.8. The van der Waals surface area contributed by atoms with Gasteiger partial charge >= 0.3 is 0 Å². The van der Waals surface area contributed by atoms with Crippen LogP contribution >= 0.6 is 15.9 Å². The average molecular weight is 331 g/mol. The molecule has 3 nitrogen and oxygen atoms in total. The van der Waals surface area contributed by atoms with Gasteiger partial charge in [-0.3, -0.25) is 4.90 Å². The molecule has 1 aromatic rings. The molecule has 0 amide bonds. The largest absolute Gasteiger partial charge is 0.382 e. The molecule has 1 saturated heterocycles. The van der Waals surface area contributed by atoms with Crippen molar-refractivity contribution < 1.29 is 9.13 Å². The molecule has 0 aromatic heterocycles. The summed E-state index contributed by atoms with van der Waals surface area (Å²) < 4.78 is 19.6. The first-order chi connectivity index (χ1) is 9.10. The van der Waals surface area contributed by atoms with Gasteiger partial charge in [-0.2, -0.15) is 0 Å². The lowest BCUT2D eigenvalue weighted by atomic mass is 10.2. The topological polar surface area (TPSA) is 24.5 Å². The van der Waals surface area contributed by atoms with Crippen LogP contribution in [-0.2, 0) is 4.74 Å². The van der Waals surface area contributed by atoms with Crippen molar-refractivity contribution >= 4 is 21.6 Å². The first kappa shape index (κ1) is 14.8. The molecule has 1 atom stereocenters. The SMILES string of the molecule is CCN1CCOC(CNc2cc(Br)c(F)cc2C)C1. The van der Waals surface area contributed by atoms with E-state index >= 15 is 0 Å². The Morgan fingerprint density at radius 3 is 3.05 bits per heavy atom. The summed E-state index contributed by atoms with van der Waals surface area (Å²) in [6, 6.07) is 3.32. The molecule has 1 unspecified atom stereocenters. The number of nitrogens with zero attached hydrogens (tertiary/aromatic N) is 1. The van der Waals surface area contributed by atoms with E-state index in [4.69, 9.17) is 4.74 Å². The van der Waals surface area contributed by atoms with Gasteiger partial charge in [0, 0.05) is 25.3 Å². The molecule has 5 heteroatoms. The zero-order valence-corrected chi connectivity index (χ0v) is 13.0. The maximum Gasteiger partial charge on any atom is 0.137 e. The fourth-order valence-corrected chi connectivity index (χ4v) is 2.60. The van der Waals surface area contributed by atoms with Gasteiger partial charge in [0.1, 0.15) is 5.82 Å². The predicted molar refractivity (Wildman–Crippen MR) is 79.2 cm³/mol. The Labute approximate surface area is 122 Å². The Balaban J connectivity index is 1.93. The first-order valence-corrected chi connectivity index (χ1v) is 7.43. The van der Waals surface area contributed by atoms with Gasteiger partial charge in [-0.15, -0.1) is 0 Å². The molecular weight excluding hydrogens is 311 g/mol. The summed E-state index contributed by atoms with van der Waals surface area (Å²) in [4.78, 5) is 2.38. The van der Waals surface area contributed by atoms with E-state index in [1.165, 1.54) is 6.07 Å². The van der Waals surface area contributed by atoms with Crippen LogP contribution in [-0.4, -0.2) is 43.8 Å². The van der Waals surface area contributed by atoms with Crippen LogP contribution in [0.5, 0.6) is 0 Å². The van der Waals surface area contributed by atoms with Crippen molar-refractivity contribution in [1.82, 2.24) is 4.90 Å². The standard InChI is InChI=1S/C14H20BrFN2O/c1-3-18-4-5-19-11(9-18)8-17-14-7-12(15)13(16)6-10(14)2/h6-7,11,17H,3-5,8-9H2,1-2H3. The van der Waals surface area contributed by atoms with Gasteiger partial charge in [0.15, 0.2) is 0 Å². The summed E-state index contributed by atoms with van der Waals surface area (Å²) in [7, 11) is 0. The molecule has 0 radical (unpaired) electrons. The Kier molecular flexibility index (Phi) is 5.19. The van der Waals surface area contributed by atoms with Crippen LogP contribution in [0, 0.1) is 12.7 Å². The van der Waals surface area contributed by atoms with Gasteiger partial charge in [0.2, 0.25) is 0 Å². The van der Waals surface area contributed by atoms with Crippen LogP contribution in [0.4, 0.5) is 10.1 Å². The van der Waals surface area contributed by atoms with E-state index in [2.05, 4.69) is 33.1 Å². The molecule has 2 rings (SSSR count). The predicted octanol–water partition coefficient (Wildman–Crippen LogP) is 3.03. The van der Waals surface area contributed by atoms with Gasteiger partial charge in [0.25, 0.3) is 0 Å². The minimum atomic E-state index is -0.228. The summed E-state index contributed by atoms with van der Waals surface area (Å²) in [5.74, 6) is -0.228. The van der Waals surface area contributed by atoms with E-state index in [1.807, 2.05) is 6.92 Å². The number of morpholine rings is 1. The van der Waals surface area contributed by atoms with Crippen molar-refractivity contribution in [2.45, 2.75) is 20.0 Å². The second kappa shape index (κ2) is 6.68. The molecule has 0 saturated carbocycles. The first-order valence-electron chi connectivity index (χ1n) is 6.63. The number of hydrogen-bond acceptors (Lipinski definition) is 3. The van der Waals surface area contributed by atoms with E-state index in [-0.39, 0.29) is 11.9 Å². The van der Waals surface area contributed by atoms with Crippen LogP contribution in [0.3, 0.4) is 0 Å². The van der Waals surface area contributed by atoms with Gasteiger partial charge in [0.05, 0.1) is 17.2 Å². The van der Waals surface area contributed by atoms with Crippen molar-refractivity contribution in [3.05, 3.63) is 28.0 Å². The Morgan fingerprint density at radius 1 is 1.53 bits per heavy atom. The Morgan fingerprint density at radius 2 is 2.32 bits per heavy atom. The van der Waals surface area contributed by atoms with Gasteiger partial charge in [-0.1, -0.05) is 6.92 Å². The van der Waals surface area contributed by atoms with Crippen molar-refractivity contribution in [3.63, 3.8) is 0 Å². The van der Waals surface area contributed by atoms with Crippen molar-refractivity contribution in [2.75, 3.05) is 38.1 Å². The van der Waals surface area contributed by atoms with E-state index in [1.54, 1.807) is 6.07 Å². The fraction of sp³-hybridized carbons (Fsp3) is 0.571. The molecule has 1 aliphatic rings. The second-order valence-electron chi connectivity index (χ2n) is 4.85. The summed E-state index contributed by atoms with van der Waals surface area (Å²) in [6.07, 6.45) is 0.192. The third kappa shape index (κ3) is 3.91. The lowest BCUT2D eigenvalue weighted by molar-refractivity contribution is -0.0191. The van der Waals surface area contributed by atoms with Crippen LogP contribution in [0.1, 0.15) is 12.5 Å². The van der Waals surface area contributed by atoms with Crippen molar-refractivity contribution in [3.8, 4) is 0 Å². The normalized spacial score (nSPS) is 20.5. The highest BCUT2D eigenvalue weighted by Gasteiger charge is 2.19. The summed E-state index contributed by atoms with van der Waals surface area (Å²) >= 11 is 3.21. The highest BCUT2D eigenvalue weighted by molar-refractivity contribution is 9.10. The number of nitrogens with one attached hydrogen (secondary N) is 1. The monoisotopic (exact) mass is 330 g/mol. The third-order valence-corrected chi connectivity index (χ3v) is 4.07. The van der Waals surface area contributed by atoms with Crippen molar-refractivity contribution in [2.24, 2.45) is 0 Å². The van der Waals surface area contributed by atoms with Crippen LogP contribution < -0.4 is 5.32 Å². The Bertz CT molecular complexity index is 442. The summed E-state index contributed by atoms with van der Waals surface area (Å²) in [5.41, 5.74) is 1.86. The minimum Gasteiger partial charge on any atom is -0.382 e. The number of hydrogen-bond donors (Lipinski definition) is 1. The number of likely N-dealkylation sites (N-methyl/N-ethyl adjacent to an activating group) is 1. The van der Waals surface area contributed by atoms with Crippen LogP contribution in [0.25, 0.3) is 0 Å². The molecular formula is C14H20BrFN2O. The number of ether oxygens (including phenoxy) is 1. The Hall–Kier alpha value is -0.650. The lowest BCUT2D eigenvalue weighted by Gasteiger charge is -2.32. The van der Waals surface area contributed by atoms with Crippen LogP contribution in [0.2, 0.25) is 0 Å². The number of halogens is 2. The third-order valence-electron chi connectivity index (χ3n) is 3.46. The highest BCUT2D eigenvalue weighted by Crippen LogP contribution is 2.24. The average Bonchev–Trinajstić information content (AvgIpc) is 2.41. The second-order valence-corrected chi connectivity index (χ2v) is 5.70. The smallest absolute Gasteiger partial charge is 0.137 e. The maximum absolute atomic E-state index is 13.3. The fourth-order valence-electron chi connectivity index (χ4n) is 2.25. The number of benzene rings is 1. The quantitative estimate of drug-likeness (QED) is 0.918. The molecule has 0 spiro atoms. The number of anilines is 1. The zero-order valence-electron chi connectivity index (χ0n) is 11.4. The lowest BCUT2D eigenvalue weighted by Crippen LogP contribution is -2.45. The summed E-state index contributed by atoms with van der Waals surface area (Å²) in [6.45, 7) is 8.61. The molecule has 19 heavy (non-hydrogen) atoms. The van der Waals surface area contributed by atoms with E-state index in [9.17, 15) is 4.39 Å². The van der Waals surface area contributed by atoms with E-state index in [0.29, 0.717) is 4.47 Å². The number of rotatable bonds is 4. The minimum absolute atomic E-state index is 0.192. The van der Waals surface area contributed by atoms with Gasteiger partial charge in [-0.25, -0.2) is 4.39 Å². The molecule has 106 valence electrons. The molecule has 0 aliphatic carbocycles. The molecule has 1 fully saturated rings. The summed E-state index contributed by atoms with van der Waals surface area (Å²) in [5, 5.41) is 3.35. The molecule has 0 bridgehead atoms. The molecule has 1 aromatic carbocycles. The van der Waals surface area contributed by atoms with Gasteiger partial charge < -0.3 is 10.1 Å².